The summed E-state index contributed by atoms with van der Waals surface area (Å²) in [4.78, 5) is 22.9. The van der Waals surface area contributed by atoms with Crippen LogP contribution in [0.2, 0.25) is 0 Å². The Kier molecular flexibility index (Phi) is 4.52. The topological polar surface area (TPSA) is 105 Å². The van der Waals surface area contributed by atoms with Gasteiger partial charge in [-0.25, -0.2) is 0 Å². The maximum atomic E-state index is 11.7. The van der Waals surface area contributed by atoms with E-state index < -0.39 is 0 Å². The molecule has 1 aromatic rings. The van der Waals surface area contributed by atoms with Gasteiger partial charge in [-0.2, -0.15) is 0 Å². The van der Waals surface area contributed by atoms with E-state index in [1.807, 2.05) is 13.8 Å². The van der Waals surface area contributed by atoms with Crippen LogP contribution in [0.3, 0.4) is 0 Å². The average Bonchev–Trinajstić information content (AvgIpc) is 2.43. The number of hydrogen-bond donors (Lipinski definition) is 4. The summed E-state index contributed by atoms with van der Waals surface area (Å²) in [7, 11) is 0. The molecule has 0 bridgehead atoms. The number of carbonyl (C=O) groups excluding carboxylic acids is 2. The monoisotopic (exact) mass is 292 g/mol. The van der Waals surface area contributed by atoms with Crippen molar-refractivity contribution in [1.82, 2.24) is 5.32 Å². The molecule has 114 valence electrons. The normalized spacial score (nSPS) is 13.2. The molecule has 0 spiro atoms. The molecule has 0 atom stereocenters. The van der Waals surface area contributed by atoms with E-state index in [9.17, 15) is 9.59 Å². The minimum Gasteiger partial charge on any atom is -0.482 e. The van der Waals surface area contributed by atoms with Gasteiger partial charge in [-0.05, 0) is 12.0 Å². The Morgan fingerprint density at radius 3 is 2.95 bits per heavy atom. The van der Waals surface area contributed by atoms with Gasteiger partial charge in [0.05, 0.1) is 23.6 Å². The quantitative estimate of drug-likeness (QED) is 0.600. The van der Waals surface area contributed by atoms with Gasteiger partial charge in [-0.1, -0.05) is 13.8 Å². The van der Waals surface area contributed by atoms with Gasteiger partial charge in [0.2, 0.25) is 5.91 Å². The minimum atomic E-state index is -0.215. The molecule has 2 rings (SSSR count). The van der Waals surface area contributed by atoms with E-state index in [2.05, 4.69) is 16.0 Å². The highest BCUT2D eigenvalue weighted by molar-refractivity contribution is 5.97. The van der Waals surface area contributed by atoms with Crippen molar-refractivity contribution in [3.63, 3.8) is 0 Å². The van der Waals surface area contributed by atoms with Crippen LogP contribution in [-0.4, -0.2) is 31.5 Å². The summed E-state index contributed by atoms with van der Waals surface area (Å²) in [5, 5.41) is 8.46. The molecule has 21 heavy (non-hydrogen) atoms. The lowest BCUT2D eigenvalue weighted by molar-refractivity contribution is -0.120. The molecule has 7 nitrogen and oxygen atoms in total. The zero-order valence-electron chi connectivity index (χ0n) is 12.2. The Balaban J connectivity index is 1.99. The molecule has 0 aliphatic carbocycles. The number of nitrogens with two attached hydrogens (primary N) is 1. The SMILES string of the molecule is CC(C)CNC(=O)CNc1cc2c(cc1N)OCC(=O)N2. The molecule has 0 saturated heterocycles. The lowest BCUT2D eigenvalue weighted by Gasteiger charge is -2.20. The van der Waals surface area contributed by atoms with Gasteiger partial charge in [-0.15, -0.1) is 0 Å². The highest BCUT2D eigenvalue weighted by Gasteiger charge is 2.18. The zero-order chi connectivity index (χ0) is 15.4. The van der Waals surface area contributed by atoms with Crippen molar-refractivity contribution in [2.45, 2.75) is 13.8 Å². The van der Waals surface area contributed by atoms with E-state index in [0.29, 0.717) is 35.3 Å². The standard InChI is InChI=1S/C14H20N4O3/c1-8(2)5-17-13(19)6-16-10-4-11-12(3-9(10)15)21-7-14(20)18-11/h3-4,8,16H,5-7,15H2,1-2H3,(H,17,19)(H,18,20). The molecule has 7 heteroatoms. The van der Waals surface area contributed by atoms with Gasteiger partial charge in [0.15, 0.2) is 6.61 Å². The van der Waals surface area contributed by atoms with Crippen molar-refractivity contribution in [3.05, 3.63) is 12.1 Å². The zero-order valence-corrected chi connectivity index (χ0v) is 12.2. The van der Waals surface area contributed by atoms with E-state index in [-0.39, 0.29) is 25.0 Å². The molecule has 5 N–H and O–H groups in total. The summed E-state index contributed by atoms with van der Waals surface area (Å²) in [6, 6.07) is 3.29. The van der Waals surface area contributed by atoms with Crippen molar-refractivity contribution in [1.29, 1.82) is 0 Å². The fourth-order valence-electron chi connectivity index (χ4n) is 1.85. The highest BCUT2D eigenvalue weighted by Crippen LogP contribution is 2.34. The lowest BCUT2D eigenvalue weighted by atomic mass is 10.2. The Morgan fingerprint density at radius 1 is 1.48 bits per heavy atom. The first-order valence-electron chi connectivity index (χ1n) is 6.82. The summed E-state index contributed by atoms with van der Waals surface area (Å²) in [6.45, 7) is 4.78. The molecule has 0 aromatic heterocycles. The van der Waals surface area contributed by atoms with Gasteiger partial charge in [-0.3, -0.25) is 9.59 Å². The van der Waals surface area contributed by atoms with Gasteiger partial charge in [0.25, 0.3) is 5.91 Å². The highest BCUT2D eigenvalue weighted by atomic mass is 16.5. The number of ether oxygens (including phenoxy) is 1. The van der Waals surface area contributed by atoms with E-state index in [4.69, 9.17) is 10.5 Å². The van der Waals surface area contributed by atoms with Crippen LogP contribution in [0, 0.1) is 5.92 Å². The third-order valence-corrected chi connectivity index (χ3v) is 2.93. The van der Waals surface area contributed by atoms with Crippen LogP contribution in [0.4, 0.5) is 17.1 Å². The van der Waals surface area contributed by atoms with Crippen LogP contribution in [0.5, 0.6) is 5.75 Å². The van der Waals surface area contributed by atoms with Gasteiger partial charge in [0, 0.05) is 12.6 Å². The molecular weight excluding hydrogens is 272 g/mol. The smallest absolute Gasteiger partial charge is 0.262 e. The third-order valence-electron chi connectivity index (χ3n) is 2.93. The number of hydrogen-bond acceptors (Lipinski definition) is 5. The van der Waals surface area contributed by atoms with E-state index in [1.165, 1.54) is 0 Å². The second-order valence-corrected chi connectivity index (χ2v) is 5.32. The number of fused-ring (bicyclic) bond motifs is 1. The van der Waals surface area contributed by atoms with Crippen molar-refractivity contribution >= 4 is 28.9 Å². The van der Waals surface area contributed by atoms with Crippen LogP contribution in [0.15, 0.2) is 12.1 Å². The predicted molar refractivity (Wildman–Crippen MR) is 81.3 cm³/mol. The summed E-state index contributed by atoms with van der Waals surface area (Å²) < 4.78 is 5.26. The molecule has 2 amide bonds. The van der Waals surface area contributed by atoms with Crippen LogP contribution in [0.1, 0.15) is 13.8 Å². The van der Waals surface area contributed by atoms with Crippen molar-refractivity contribution < 1.29 is 14.3 Å². The first-order valence-corrected chi connectivity index (χ1v) is 6.82. The molecule has 0 saturated carbocycles. The number of rotatable bonds is 5. The van der Waals surface area contributed by atoms with Crippen LogP contribution in [-0.2, 0) is 9.59 Å². The maximum Gasteiger partial charge on any atom is 0.262 e. The van der Waals surface area contributed by atoms with E-state index in [0.717, 1.165) is 0 Å². The number of benzene rings is 1. The molecular formula is C14H20N4O3. The summed E-state index contributed by atoms with van der Waals surface area (Å²) in [5.41, 5.74) is 7.49. The maximum absolute atomic E-state index is 11.7. The molecule has 1 heterocycles. The lowest BCUT2D eigenvalue weighted by Crippen LogP contribution is -2.32. The number of nitrogens with one attached hydrogen (secondary N) is 3. The molecule has 1 aliphatic heterocycles. The number of nitrogen functional groups attached to an aromatic ring is 1. The van der Waals surface area contributed by atoms with Crippen LogP contribution in [0.25, 0.3) is 0 Å². The van der Waals surface area contributed by atoms with E-state index >= 15 is 0 Å². The largest absolute Gasteiger partial charge is 0.482 e. The van der Waals surface area contributed by atoms with Crippen molar-refractivity contribution in [2.24, 2.45) is 5.92 Å². The molecule has 0 fully saturated rings. The molecule has 0 radical (unpaired) electrons. The van der Waals surface area contributed by atoms with Crippen molar-refractivity contribution in [2.75, 3.05) is 36.1 Å². The predicted octanol–water partition coefficient (Wildman–Crippen LogP) is 0.784. The fourth-order valence-corrected chi connectivity index (χ4v) is 1.85. The fraction of sp³-hybridized carbons (Fsp3) is 0.429. The van der Waals surface area contributed by atoms with E-state index in [1.54, 1.807) is 12.1 Å². The number of amides is 2. The summed E-state index contributed by atoms with van der Waals surface area (Å²) in [5.74, 6) is 0.603. The second-order valence-electron chi connectivity index (χ2n) is 5.32. The Morgan fingerprint density at radius 2 is 2.24 bits per heavy atom. The number of carbonyl (C=O) groups is 2. The first-order chi connectivity index (χ1) is 9.95. The summed E-state index contributed by atoms with van der Waals surface area (Å²) in [6.07, 6.45) is 0. The van der Waals surface area contributed by atoms with Crippen LogP contribution < -0.4 is 26.4 Å². The molecule has 0 unspecified atom stereocenters. The molecule has 1 aromatic carbocycles. The third kappa shape index (κ3) is 4.01. The number of anilines is 3. The Bertz CT molecular complexity index is 557. The first kappa shape index (κ1) is 15.0. The van der Waals surface area contributed by atoms with Gasteiger partial charge in [0.1, 0.15) is 5.75 Å². The minimum absolute atomic E-state index is 0.0170. The van der Waals surface area contributed by atoms with Crippen LogP contribution >= 0.6 is 0 Å². The van der Waals surface area contributed by atoms with Crippen molar-refractivity contribution in [3.8, 4) is 5.75 Å². The van der Waals surface area contributed by atoms with Gasteiger partial charge >= 0.3 is 0 Å². The molecule has 1 aliphatic rings. The second kappa shape index (κ2) is 6.34. The Labute approximate surface area is 123 Å². The van der Waals surface area contributed by atoms with Gasteiger partial charge < -0.3 is 26.4 Å². The average molecular weight is 292 g/mol. The summed E-state index contributed by atoms with van der Waals surface area (Å²) >= 11 is 0. The Hall–Kier alpha value is -2.44.